The Labute approximate surface area is 100 Å². The molecule has 1 heterocycles. The molecule has 16 heavy (non-hydrogen) atoms. The molecule has 1 fully saturated rings. The first-order valence-corrected chi connectivity index (χ1v) is 6.57. The highest BCUT2D eigenvalue weighted by Gasteiger charge is 2.24. The predicted octanol–water partition coefficient (Wildman–Crippen LogP) is 1.56. The number of nitrogens with zero attached hydrogens (tertiary/aromatic N) is 2. The van der Waals surface area contributed by atoms with Crippen LogP contribution in [-0.2, 0) is 0 Å². The van der Waals surface area contributed by atoms with Gasteiger partial charge < -0.3 is 10.0 Å². The summed E-state index contributed by atoms with van der Waals surface area (Å²) in [5.74, 6) is 0. The van der Waals surface area contributed by atoms with Crippen LogP contribution >= 0.6 is 0 Å². The molecule has 0 amide bonds. The van der Waals surface area contributed by atoms with Crippen molar-refractivity contribution in [1.82, 2.24) is 9.80 Å². The third kappa shape index (κ3) is 4.81. The zero-order valence-corrected chi connectivity index (χ0v) is 11.4. The van der Waals surface area contributed by atoms with Crippen LogP contribution in [0.5, 0.6) is 0 Å². The Morgan fingerprint density at radius 1 is 1.44 bits per heavy atom. The van der Waals surface area contributed by atoms with E-state index in [0.29, 0.717) is 0 Å². The van der Waals surface area contributed by atoms with E-state index in [9.17, 15) is 5.11 Å². The van der Waals surface area contributed by atoms with Crippen molar-refractivity contribution in [3.63, 3.8) is 0 Å². The van der Waals surface area contributed by atoms with Gasteiger partial charge in [0.2, 0.25) is 0 Å². The Morgan fingerprint density at radius 2 is 2.12 bits per heavy atom. The molecule has 1 N–H and O–H groups in total. The molecular weight excluding hydrogens is 200 g/mol. The van der Waals surface area contributed by atoms with Crippen LogP contribution in [-0.4, -0.2) is 59.8 Å². The fourth-order valence-electron chi connectivity index (χ4n) is 2.43. The molecule has 0 radical (unpaired) electrons. The van der Waals surface area contributed by atoms with E-state index >= 15 is 0 Å². The molecule has 0 bridgehead atoms. The van der Waals surface area contributed by atoms with Crippen molar-refractivity contribution >= 4 is 0 Å². The monoisotopic (exact) mass is 228 g/mol. The van der Waals surface area contributed by atoms with Crippen molar-refractivity contribution in [2.45, 2.75) is 51.7 Å². The largest absolute Gasteiger partial charge is 0.390 e. The maximum absolute atomic E-state index is 9.69. The molecule has 1 aliphatic heterocycles. The smallest absolute Gasteiger partial charge is 0.0603 e. The van der Waals surface area contributed by atoms with E-state index < -0.39 is 5.60 Å². The molecule has 96 valence electrons. The van der Waals surface area contributed by atoms with Gasteiger partial charge in [0.25, 0.3) is 0 Å². The zero-order chi connectivity index (χ0) is 12.2. The minimum Gasteiger partial charge on any atom is -0.390 e. The molecule has 0 saturated carbocycles. The van der Waals surface area contributed by atoms with Crippen LogP contribution in [0.3, 0.4) is 0 Å². The first-order valence-electron chi connectivity index (χ1n) is 6.57. The van der Waals surface area contributed by atoms with Gasteiger partial charge in [-0.25, -0.2) is 0 Å². The lowest BCUT2D eigenvalue weighted by atomic mass is 10.1. The number of rotatable bonds is 6. The van der Waals surface area contributed by atoms with Crippen molar-refractivity contribution in [2.75, 3.05) is 33.2 Å². The molecule has 0 aromatic rings. The zero-order valence-electron chi connectivity index (χ0n) is 11.4. The van der Waals surface area contributed by atoms with Crippen molar-refractivity contribution in [1.29, 1.82) is 0 Å². The number of aliphatic hydroxyl groups is 1. The summed E-state index contributed by atoms with van der Waals surface area (Å²) < 4.78 is 0. The third-order valence-electron chi connectivity index (χ3n) is 3.53. The van der Waals surface area contributed by atoms with Gasteiger partial charge >= 0.3 is 0 Å². The number of hydrogen-bond acceptors (Lipinski definition) is 3. The maximum Gasteiger partial charge on any atom is 0.0603 e. The fraction of sp³-hybridized carbons (Fsp3) is 1.00. The minimum absolute atomic E-state index is 0.533. The van der Waals surface area contributed by atoms with Gasteiger partial charge in [-0.05, 0) is 53.2 Å². The van der Waals surface area contributed by atoms with Crippen molar-refractivity contribution in [3.05, 3.63) is 0 Å². The minimum atomic E-state index is -0.533. The SMILES string of the molecule is CCN1CCCC1CN(C)CCC(C)(C)O. The van der Waals surface area contributed by atoms with Crippen LogP contribution in [0.2, 0.25) is 0 Å². The van der Waals surface area contributed by atoms with Gasteiger partial charge in [0.05, 0.1) is 5.60 Å². The molecule has 3 nitrogen and oxygen atoms in total. The van der Waals surface area contributed by atoms with Gasteiger partial charge in [0.1, 0.15) is 0 Å². The van der Waals surface area contributed by atoms with Crippen molar-refractivity contribution in [2.24, 2.45) is 0 Å². The lowest BCUT2D eigenvalue weighted by Gasteiger charge is -2.29. The molecular formula is C13H28N2O. The lowest BCUT2D eigenvalue weighted by molar-refractivity contribution is 0.0578. The number of hydrogen-bond donors (Lipinski definition) is 1. The molecule has 0 aromatic carbocycles. The van der Waals surface area contributed by atoms with Crippen LogP contribution in [0.15, 0.2) is 0 Å². The normalized spacial score (nSPS) is 23.2. The van der Waals surface area contributed by atoms with Gasteiger partial charge in [-0.2, -0.15) is 0 Å². The Kier molecular flexibility index (Phi) is 5.22. The van der Waals surface area contributed by atoms with Crippen LogP contribution in [0.4, 0.5) is 0 Å². The standard InChI is InChI=1S/C13H28N2O/c1-5-15-9-6-7-12(15)11-14(4)10-8-13(2,3)16/h12,16H,5-11H2,1-4H3. The Hall–Kier alpha value is -0.120. The summed E-state index contributed by atoms with van der Waals surface area (Å²) in [6.07, 6.45) is 3.53. The van der Waals surface area contributed by atoms with Crippen molar-refractivity contribution < 1.29 is 5.11 Å². The Balaban J connectivity index is 2.25. The summed E-state index contributed by atoms with van der Waals surface area (Å²) in [6, 6.07) is 0.733. The average molecular weight is 228 g/mol. The number of likely N-dealkylation sites (tertiary alicyclic amines) is 1. The summed E-state index contributed by atoms with van der Waals surface area (Å²) in [5.41, 5.74) is -0.533. The Bertz CT molecular complexity index is 201. The van der Waals surface area contributed by atoms with Gasteiger partial charge in [-0.1, -0.05) is 6.92 Å². The highest BCUT2D eigenvalue weighted by Crippen LogP contribution is 2.17. The molecule has 1 aliphatic rings. The summed E-state index contributed by atoms with van der Waals surface area (Å²) >= 11 is 0. The van der Waals surface area contributed by atoms with Gasteiger partial charge in [0, 0.05) is 19.1 Å². The van der Waals surface area contributed by atoms with Gasteiger partial charge in [-0.3, -0.25) is 4.90 Å². The van der Waals surface area contributed by atoms with E-state index in [1.54, 1.807) is 0 Å². The van der Waals surface area contributed by atoms with Gasteiger partial charge in [-0.15, -0.1) is 0 Å². The molecule has 1 unspecified atom stereocenters. The van der Waals surface area contributed by atoms with Crippen molar-refractivity contribution in [3.8, 4) is 0 Å². The highest BCUT2D eigenvalue weighted by molar-refractivity contribution is 4.81. The van der Waals surface area contributed by atoms with Crippen LogP contribution in [0.25, 0.3) is 0 Å². The molecule has 0 aliphatic carbocycles. The Morgan fingerprint density at radius 3 is 2.69 bits per heavy atom. The van der Waals surface area contributed by atoms with Crippen LogP contribution < -0.4 is 0 Å². The summed E-state index contributed by atoms with van der Waals surface area (Å²) in [5, 5.41) is 9.69. The van der Waals surface area contributed by atoms with E-state index in [-0.39, 0.29) is 0 Å². The highest BCUT2D eigenvalue weighted by atomic mass is 16.3. The second kappa shape index (κ2) is 5.99. The van der Waals surface area contributed by atoms with Crippen LogP contribution in [0.1, 0.15) is 40.0 Å². The van der Waals surface area contributed by atoms with E-state index in [0.717, 1.165) is 25.6 Å². The average Bonchev–Trinajstić information content (AvgIpc) is 2.61. The summed E-state index contributed by atoms with van der Waals surface area (Å²) in [7, 11) is 2.16. The first kappa shape index (κ1) is 13.9. The first-order chi connectivity index (χ1) is 7.42. The maximum atomic E-state index is 9.69. The summed E-state index contributed by atoms with van der Waals surface area (Å²) in [4.78, 5) is 4.93. The lowest BCUT2D eigenvalue weighted by Crippen LogP contribution is -2.40. The molecule has 0 aromatic heterocycles. The third-order valence-corrected chi connectivity index (χ3v) is 3.53. The molecule has 0 spiro atoms. The molecule has 1 saturated heterocycles. The van der Waals surface area contributed by atoms with E-state index in [4.69, 9.17) is 0 Å². The van der Waals surface area contributed by atoms with E-state index in [1.165, 1.54) is 25.9 Å². The molecule has 1 rings (SSSR count). The van der Waals surface area contributed by atoms with E-state index in [1.807, 2.05) is 13.8 Å². The molecule has 1 atom stereocenters. The van der Waals surface area contributed by atoms with Gasteiger partial charge in [0.15, 0.2) is 0 Å². The van der Waals surface area contributed by atoms with Crippen LogP contribution in [0, 0.1) is 0 Å². The van der Waals surface area contributed by atoms with E-state index in [2.05, 4.69) is 23.8 Å². The second-order valence-corrected chi connectivity index (χ2v) is 5.75. The second-order valence-electron chi connectivity index (χ2n) is 5.75. The predicted molar refractivity (Wildman–Crippen MR) is 68.7 cm³/mol. The molecule has 3 heteroatoms. The topological polar surface area (TPSA) is 26.7 Å². The fourth-order valence-corrected chi connectivity index (χ4v) is 2.43. The quantitative estimate of drug-likeness (QED) is 0.747. The number of likely N-dealkylation sites (N-methyl/N-ethyl adjacent to an activating group) is 2. The summed E-state index contributed by atoms with van der Waals surface area (Å²) in [6.45, 7) is 10.6.